The molecular weight excluding hydrogens is 374 g/mol. The fourth-order valence-corrected chi connectivity index (χ4v) is 3.27. The topological polar surface area (TPSA) is 89.2 Å². The molecule has 1 saturated heterocycles. The molecule has 1 unspecified atom stereocenters. The van der Waals surface area contributed by atoms with E-state index in [1.807, 2.05) is 0 Å². The van der Waals surface area contributed by atoms with E-state index in [9.17, 15) is 14.7 Å². The van der Waals surface area contributed by atoms with Gasteiger partial charge in [0.25, 0.3) is 11.7 Å². The van der Waals surface area contributed by atoms with Crippen LogP contribution in [0.2, 0.25) is 5.02 Å². The first-order chi connectivity index (χ1) is 13.0. The maximum atomic E-state index is 12.7. The average molecular weight is 392 g/mol. The third kappa shape index (κ3) is 3.43. The van der Waals surface area contributed by atoms with Gasteiger partial charge in [0, 0.05) is 19.2 Å². The maximum absolute atomic E-state index is 12.7. The van der Waals surface area contributed by atoms with Crippen LogP contribution in [0.4, 0.5) is 0 Å². The molecule has 0 bridgehead atoms. The first-order valence-electron chi connectivity index (χ1n) is 8.14. The smallest absolute Gasteiger partial charge is 0.295 e. The van der Waals surface area contributed by atoms with Crippen LogP contribution in [-0.2, 0) is 14.3 Å². The third-order valence-corrected chi connectivity index (χ3v) is 4.61. The summed E-state index contributed by atoms with van der Waals surface area (Å²) < 4.78 is 15.5. The van der Waals surface area contributed by atoms with E-state index in [1.165, 1.54) is 31.4 Å². The van der Waals surface area contributed by atoms with Crippen molar-refractivity contribution in [3.05, 3.63) is 58.5 Å². The number of ketones is 1. The molecule has 1 aromatic carbocycles. The summed E-state index contributed by atoms with van der Waals surface area (Å²) in [5.41, 5.74) is 0.231. The molecule has 27 heavy (non-hydrogen) atoms. The number of hydrogen-bond donors (Lipinski definition) is 1. The number of aliphatic hydroxyl groups excluding tert-OH is 1. The Kier molecular flexibility index (Phi) is 5.53. The van der Waals surface area contributed by atoms with Gasteiger partial charge in [-0.25, -0.2) is 0 Å². The molecule has 1 amide bonds. The predicted molar refractivity (Wildman–Crippen MR) is 97.6 cm³/mol. The molecule has 0 spiro atoms. The highest BCUT2D eigenvalue weighted by atomic mass is 35.5. The number of benzene rings is 1. The quantitative estimate of drug-likeness (QED) is 0.462. The van der Waals surface area contributed by atoms with E-state index in [4.69, 9.17) is 25.5 Å². The number of amides is 1. The van der Waals surface area contributed by atoms with Gasteiger partial charge in [0.2, 0.25) is 0 Å². The van der Waals surface area contributed by atoms with Crippen LogP contribution >= 0.6 is 11.6 Å². The standard InChI is InChI=1S/C19H18ClNO6/c1-25-9-7-21-16(14-4-3-8-27-14)15(18(23)19(21)24)17(22)11-5-6-13(26-2)12(20)10-11/h3-6,8,10,16,22H,7,9H2,1-2H3/b17-15-. The van der Waals surface area contributed by atoms with Crippen LogP contribution in [0.3, 0.4) is 0 Å². The van der Waals surface area contributed by atoms with Crippen molar-refractivity contribution >= 4 is 29.1 Å². The average Bonchev–Trinajstić information content (AvgIpc) is 3.27. The lowest BCUT2D eigenvalue weighted by atomic mass is 9.99. The summed E-state index contributed by atoms with van der Waals surface area (Å²) in [7, 11) is 2.97. The van der Waals surface area contributed by atoms with Crippen molar-refractivity contribution in [1.29, 1.82) is 0 Å². The fourth-order valence-electron chi connectivity index (χ4n) is 3.01. The van der Waals surface area contributed by atoms with Crippen molar-refractivity contribution in [2.24, 2.45) is 0 Å². The number of likely N-dealkylation sites (tertiary alicyclic amines) is 1. The highest BCUT2D eigenvalue weighted by Crippen LogP contribution is 2.40. The summed E-state index contributed by atoms with van der Waals surface area (Å²) in [6, 6.07) is 7.04. The van der Waals surface area contributed by atoms with E-state index in [2.05, 4.69) is 0 Å². The van der Waals surface area contributed by atoms with Gasteiger partial charge in [0.15, 0.2) is 0 Å². The number of nitrogens with zero attached hydrogens (tertiary/aromatic N) is 1. The summed E-state index contributed by atoms with van der Waals surface area (Å²) in [6.45, 7) is 0.408. The molecule has 7 nitrogen and oxygen atoms in total. The Hall–Kier alpha value is -2.77. The minimum Gasteiger partial charge on any atom is -0.507 e. The highest BCUT2D eigenvalue weighted by Gasteiger charge is 2.47. The van der Waals surface area contributed by atoms with Gasteiger partial charge in [-0.15, -0.1) is 0 Å². The van der Waals surface area contributed by atoms with E-state index in [1.54, 1.807) is 24.3 Å². The molecule has 0 saturated carbocycles. The van der Waals surface area contributed by atoms with Gasteiger partial charge in [-0.3, -0.25) is 9.59 Å². The van der Waals surface area contributed by atoms with Crippen molar-refractivity contribution in [1.82, 2.24) is 4.90 Å². The van der Waals surface area contributed by atoms with Gasteiger partial charge in [0.05, 0.1) is 30.6 Å². The largest absolute Gasteiger partial charge is 0.507 e. The molecule has 1 N–H and O–H groups in total. The molecule has 8 heteroatoms. The highest BCUT2D eigenvalue weighted by molar-refractivity contribution is 6.46. The minimum absolute atomic E-state index is 0.0627. The first kappa shape index (κ1) is 19.0. The van der Waals surface area contributed by atoms with E-state index >= 15 is 0 Å². The van der Waals surface area contributed by atoms with Crippen molar-refractivity contribution < 1.29 is 28.6 Å². The van der Waals surface area contributed by atoms with Gasteiger partial charge in [-0.2, -0.15) is 0 Å². The van der Waals surface area contributed by atoms with Gasteiger partial charge in [-0.1, -0.05) is 11.6 Å². The van der Waals surface area contributed by atoms with Crippen molar-refractivity contribution in [3.63, 3.8) is 0 Å². The molecule has 1 fully saturated rings. The summed E-state index contributed by atoms with van der Waals surface area (Å²) in [6.07, 6.45) is 1.44. The summed E-state index contributed by atoms with van der Waals surface area (Å²) in [4.78, 5) is 26.5. The number of furan rings is 1. The Morgan fingerprint density at radius 1 is 1.30 bits per heavy atom. The van der Waals surface area contributed by atoms with Crippen LogP contribution in [0.5, 0.6) is 5.75 Å². The first-order valence-corrected chi connectivity index (χ1v) is 8.52. The lowest BCUT2D eigenvalue weighted by Gasteiger charge is -2.22. The van der Waals surface area contributed by atoms with Crippen LogP contribution in [0, 0.1) is 0 Å². The Bertz CT molecular complexity index is 890. The van der Waals surface area contributed by atoms with Crippen LogP contribution in [0.1, 0.15) is 17.4 Å². The van der Waals surface area contributed by atoms with Crippen LogP contribution in [0.15, 0.2) is 46.6 Å². The second-order valence-corrected chi connectivity index (χ2v) is 6.26. The van der Waals surface area contributed by atoms with Crippen LogP contribution < -0.4 is 4.74 Å². The Balaban J connectivity index is 2.12. The molecule has 3 rings (SSSR count). The number of carbonyl (C=O) groups is 2. The number of aliphatic hydroxyl groups is 1. The van der Waals surface area contributed by atoms with Gasteiger partial charge in [-0.05, 0) is 30.3 Å². The van der Waals surface area contributed by atoms with Crippen molar-refractivity contribution in [2.75, 3.05) is 27.4 Å². The molecule has 0 aliphatic carbocycles. The summed E-state index contributed by atoms with van der Waals surface area (Å²) >= 11 is 6.12. The zero-order chi connectivity index (χ0) is 19.6. The Labute approximate surface area is 160 Å². The SMILES string of the molecule is COCCN1C(=O)C(=O)/C(=C(\O)c2ccc(OC)c(Cl)c2)C1c1ccco1. The molecule has 2 heterocycles. The maximum Gasteiger partial charge on any atom is 0.295 e. The molecule has 142 valence electrons. The fraction of sp³-hybridized carbons (Fsp3) is 0.263. The molecule has 0 radical (unpaired) electrons. The number of carbonyl (C=O) groups excluding carboxylic acids is 2. The van der Waals surface area contributed by atoms with Crippen LogP contribution in [0.25, 0.3) is 5.76 Å². The molecule has 2 aromatic rings. The van der Waals surface area contributed by atoms with Gasteiger partial charge in [0.1, 0.15) is 23.3 Å². The number of ether oxygens (including phenoxy) is 2. The lowest BCUT2D eigenvalue weighted by molar-refractivity contribution is -0.140. The summed E-state index contributed by atoms with van der Waals surface area (Å²) in [5.74, 6) is -1.06. The minimum atomic E-state index is -0.851. The number of halogens is 1. The second-order valence-electron chi connectivity index (χ2n) is 5.85. The lowest BCUT2D eigenvalue weighted by Crippen LogP contribution is -2.32. The zero-order valence-electron chi connectivity index (χ0n) is 14.8. The molecule has 1 atom stereocenters. The van der Waals surface area contributed by atoms with Crippen molar-refractivity contribution in [2.45, 2.75) is 6.04 Å². The third-order valence-electron chi connectivity index (χ3n) is 4.31. The van der Waals surface area contributed by atoms with Crippen LogP contribution in [-0.4, -0.2) is 49.1 Å². The summed E-state index contributed by atoms with van der Waals surface area (Å²) in [5, 5.41) is 11.1. The number of rotatable bonds is 6. The Morgan fingerprint density at radius 2 is 2.07 bits per heavy atom. The monoisotopic (exact) mass is 391 g/mol. The molecule has 1 aliphatic heterocycles. The number of Topliss-reactive ketones (excluding diaryl/α,β-unsaturated/α-hetero) is 1. The number of methoxy groups -OCH3 is 2. The van der Waals surface area contributed by atoms with E-state index in [-0.39, 0.29) is 29.5 Å². The molecule has 1 aliphatic rings. The predicted octanol–water partition coefficient (Wildman–Crippen LogP) is 3.01. The Morgan fingerprint density at radius 3 is 2.67 bits per heavy atom. The van der Waals surface area contributed by atoms with E-state index in [0.29, 0.717) is 17.1 Å². The van der Waals surface area contributed by atoms with Gasteiger partial charge < -0.3 is 23.9 Å². The van der Waals surface area contributed by atoms with Crippen molar-refractivity contribution in [3.8, 4) is 5.75 Å². The number of hydrogen-bond acceptors (Lipinski definition) is 6. The zero-order valence-corrected chi connectivity index (χ0v) is 15.5. The normalized spacial score (nSPS) is 18.9. The van der Waals surface area contributed by atoms with E-state index in [0.717, 1.165) is 0 Å². The molecule has 1 aromatic heterocycles. The van der Waals surface area contributed by atoms with Gasteiger partial charge >= 0.3 is 0 Å². The molecular formula is C19H18ClNO6. The van der Waals surface area contributed by atoms with E-state index < -0.39 is 17.7 Å². The second kappa shape index (κ2) is 7.85.